The second-order valence-corrected chi connectivity index (χ2v) is 15.8. The van der Waals surface area contributed by atoms with Crippen molar-refractivity contribution >= 4 is 11.4 Å². The Bertz CT molecular complexity index is 2650. The van der Waals surface area contributed by atoms with Gasteiger partial charge in [-0.25, -0.2) is 0 Å². The van der Waals surface area contributed by atoms with Crippen LogP contribution < -0.4 is 5.32 Å². The van der Waals surface area contributed by atoms with E-state index in [2.05, 4.69) is 215 Å². The monoisotopic (exact) mass is 705 g/mol. The number of hydrogen-bond donors (Lipinski definition) is 1. The van der Waals surface area contributed by atoms with Crippen LogP contribution in [-0.2, 0) is 10.8 Å². The van der Waals surface area contributed by atoms with Crippen molar-refractivity contribution in [3.8, 4) is 44.5 Å². The zero-order valence-corrected chi connectivity index (χ0v) is 31.8. The zero-order chi connectivity index (χ0) is 37.3. The van der Waals surface area contributed by atoms with Gasteiger partial charge in [0, 0.05) is 16.8 Å². The summed E-state index contributed by atoms with van der Waals surface area (Å²) in [7, 11) is 0. The molecule has 0 fully saturated rings. The molecule has 8 aromatic carbocycles. The molecule has 3 aliphatic rings. The standard InChI is InChI=1S/C39H29N.C15H14/c1-25-22-28(27-12-4-3-5-13-27)23-26(2)38(25)40-29-20-21-33-32-16-8-11-19-36(32)39(37(33)24-29)34-17-9-6-14-30(34)31-15-7-10-18-35(31)39;1-15(2)13-9-5-3-7-11(13)12-8-4-6-10-14(12)15/h3-24,40H,1-2H3;3-10H,1-2H3. The Hall–Kier alpha value is -6.44. The molecule has 1 spiro atoms. The van der Waals surface area contributed by atoms with Crippen molar-refractivity contribution in [1.29, 1.82) is 0 Å². The first-order valence-corrected chi connectivity index (χ1v) is 19.4. The summed E-state index contributed by atoms with van der Waals surface area (Å²) in [6.45, 7) is 9.02. The molecule has 0 heterocycles. The molecule has 0 saturated heterocycles. The first-order valence-electron chi connectivity index (χ1n) is 19.4. The van der Waals surface area contributed by atoms with Crippen LogP contribution in [0.4, 0.5) is 11.4 Å². The highest BCUT2D eigenvalue weighted by molar-refractivity contribution is 5.96. The Morgan fingerprint density at radius 2 is 0.727 bits per heavy atom. The number of benzene rings is 8. The summed E-state index contributed by atoms with van der Waals surface area (Å²) in [6, 6.07) is 66.5. The van der Waals surface area contributed by atoms with Crippen LogP contribution in [0.2, 0.25) is 0 Å². The smallest absolute Gasteiger partial charge is 0.0726 e. The van der Waals surface area contributed by atoms with Gasteiger partial charge < -0.3 is 5.32 Å². The molecule has 0 amide bonds. The number of nitrogens with one attached hydrogen (secondary N) is 1. The highest BCUT2D eigenvalue weighted by atomic mass is 14.9. The summed E-state index contributed by atoms with van der Waals surface area (Å²) in [5, 5.41) is 3.83. The van der Waals surface area contributed by atoms with Crippen LogP contribution in [0.25, 0.3) is 44.5 Å². The number of anilines is 2. The van der Waals surface area contributed by atoms with Crippen LogP contribution in [0, 0.1) is 13.8 Å². The van der Waals surface area contributed by atoms with Crippen LogP contribution in [0.3, 0.4) is 0 Å². The Labute approximate surface area is 325 Å². The van der Waals surface area contributed by atoms with Crippen molar-refractivity contribution in [3.63, 3.8) is 0 Å². The van der Waals surface area contributed by atoms with Gasteiger partial charge in [-0.2, -0.15) is 0 Å². The van der Waals surface area contributed by atoms with E-state index >= 15 is 0 Å². The molecule has 0 atom stereocenters. The Morgan fingerprint density at radius 3 is 1.20 bits per heavy atom. The molecule has 0 aliphatic heterocycles. The summed E-state index contributed by atoms with van der Waals surface area (Å²) in [5.41, 5.74) is 23.6. The van der Waals surface area contributed by atoms with Crippen LogP contribution >= 0.6 is 0 Å². The van der Waals surface area contributed by atoms with E-state index < -0.39 is 0 Å². The molecular formula is C54H43N. The second kappa shape index (κ2) is 12.6. The first kappa shape index (κ1) is 33.2. The fourth-order valence-corrected chi connectivity index (χ4v) is 9.95. The first-order chi connectivity index (χ1) is 26.9. The van der Waals surface area contributed by atoms with Crippen LogP contribution in [0.1, 0.15) is 58.4 Å². The Balaban J connectivity index is 0.000000207. The molecule has 8 aromatic rings. The van der Waals surface area contributed by atoms with Gasteiger partial charge in [0.05, 0.1) is 5.41 Å². The van der Waals surface area contributed by atoms with Gasteiger partial charge in [-0.05, 0) is 127 Å². The van der Waals surface area contributed by atoms with Crippen molar-refractivity contribution < 1.29 is 0 Å². The predicted molar refractivity (Wildman–Crippen MR) is 231 cm³/mol. The summed E-state index contributed by atoms with van der Waals surface area (Å²) in [4.78, 5) is 0. The minimum Gasteiger partial charge on any atom is -0.355 e. The average molecular weight is 706 g/mol. The number of aryl methyl sites for hydroxylation is 2. The minimum atomic E-state index is -0.321. The topological polar surface area (TPSA) is 12.0 Å². The summed E-state index contributed by atoms with van der Waals surface area (Å²) < 4.78 is 0. The fraction of sp³-hybridized carbons (Fsp3) is 0.111. The molecule has 1 nitrogen and oxygen atoms in total. The third kappa shape index (κ3) is 4.93. The van der Waals surface area contributed by atoms with E-state index in [9.17, 15) is 0 Å². The highest BCUT2D eigenvalue weighted by Crippen LogP contribution is 2.63. The quantitative estimate of drug-likeness (QED) is 0.193. The molecule has 55 heavy (non-hydrogen) atoms. The van der Waals surface area contributed by atoms with Crippen LogP contribution in [-0.4, -0.2) is 0 Å². The SMILES string of the molecule is CC1(C)c2ccccc2-c2ccccc21.Cc1cc(-c2ccccc2)cc(C)c1Nc1ccc2c(c1)C1(c3ccccc3-c3ccccc31)c1ccccc1-2. The highest BCUT2D eigenvalue weighted by Gasteiger charge is 2.51. The lowest BCUT2D eigenvalue weighted by atomic mass is 9.70. The van der Waals surface area contributed by atoms with E-state index in [0.29, 0.717) is 0 Å². The van der Waals surface area contributed by atoms with Gasteiger partial charge in [0.2, 0.25) is 0 Å². The van der Waals surface area contributed by atoms with Gasteiger partial charge in [-0.15, -0.1) is 0 Å². The fourth-order valence-electron chi connectivity index (χ4n) is 9.95. The largest absolute Gasteiger partial charge is 0.355 e. The Kier molecular flexibility index (Phi) is 7.58. The van der Waals surface area contributed by atoms with E-state index in [4.69, 9.17) is 0 Å². The zero-order valence-electron chi connectivity index (χ0n) is 31.8. The van der Waals surface area contributed by atoms with E-state index in [0.717, 1.165) is 5.69 Å². The van der Waals surface area contributed by atoms with E-state index in [1.54, 1.807) is 0 Å². The summed E-state index contributed by atoms with van der Waals surface area (Å²) >= 11 is 0. The number of fused-ring (bicyclic) bond motifs is 13. The van der Waals surface area contributed by atoms with E-state index in [1.165, 1.54) is 94.7 Å². The van der Waals surface area contributed by atoms with Crippen molar-refractivity contribution in [1.82, 2.24) is 0 Å². The lowest BCUT2D eigenvalue weighted by Crippen LogP contribution is -2.25. The molecule has 0 bridgehead atoms. The van der Waals surface area contributed by atoms with Crippen molar-refractivity contribution in [3.05, 3.63) is 226 Å². The second-order valence-electron chi connectivity index (χ2n) is 15.8. The molecule has 264 valence electrons. The summed E-state index contributed by atoms with van der Waals surface area (Å²) in [6.07, 6.45) is 0. The van der Waals surface area contributed by atoms with E-state index in [1.807, 2.05) is 0 Å². The van der Waals surface area contributed by atoms with Gasteiger partial charge in [-0.3, -0.25) is 0 Å². The third-order valence-corrected chi connectivity index (χ3v) is 12.4. The van der Waals surface area contributed by atoms with Gasteiger partial charge in [0.15, 0.2) is 0 Å². The molecule has 0 saturated carbocycles. The summed E-state index contributed by atoms with van der Waals surface area (Å²) in [5.74, 6) is 0. The molecule has 1 heteroatoms. The van der Waals surface area contributed by atoms with E-state index in [-0.39, 0.29) is 10.8 Å². The maximum Gasteiger partial charge on any atom is 0.0726 e. The molecular weight excluding hydrogens is 663 g/mol. The molecule has 1 N–H and O–H groups in total. The maximum atomic E-state index is 3.83. The van der Waals surface area contributed by atoms with Crippen LogP contribution in [0.15, 0.2) is 182 Å². The minimum absolute atomic E-state index is 0.160. The molecule has 0 aromatic heterocycles. The lowest BCUT2D eigenvalue weighted by Gasteiger charge is -2.30. The van der Waals surface area contributed by atoms with Gasteiger partial charge >= 0.3 is 0 Å². The molecule has 0 unspecified atom stereocenters. The number of rotatable bonds is 3. The molecule has 3 aliphatic carbocycles. The van der Waals surface area contributed by atoms with Gasteiger partial charge in [0.1, 0.15) is 0 Å². The average Bonchev–Trinajstić information content (AvgIpc) is 3.78. The molecule has 0 radical (unpaired) electrons. The van der Waals surface area contributed by atoms with Crippen molar-refractivity contribution in [2.45, 2.75) is 38.5 Å². The Morgan fingerprint density at radius 1 is 0.345 bits per heavy atom. The molecule has 11 rings (SSSR count). The maximum absolute atomic E-state index is 3.83. The van der Waals surface area contributed by atoms with Crippen LogP contribution in [0.5, 0.6) is 0 Å². The van der Waals surface area contributed by atoms with Crippen molar-refractivity contribution in [2.75, 3.05) is 5.32 Å². The number of hydrogen-bond acceptors (Lipinski definition) is 1. The third-order valence-electron chi connectivity index (χ3n) is 12.4. The van der Waals surface area contributed by atoms with Crippen molar-refractivity contribution in [2.24, 2.45) is 0 Å². The van der Waals surface area contributed by atoms with Gasteiger partial charge in [0.25, 0.3) is 0 Å². The lowest BCUT2D eigenvalue weighted by molar-refractivity contribution is 0.660. The predicted octanol–water partition coefficient (Wildman–Crippen LogP) is 14.1. The van der Waals surface area contributed by atoms with Gasteiger partial charge in [-0.1, -0.05) is 172 Å². The normalized spacial score (nSPS) is 14.1.